The van der Waals surface area contributed by atoms with Gasteiger partial charge in [-0.25, -0.2) is 17.6 Å². The number of allylic oxidation sites excluding steroid dienone is 2. The topological polar surface area (TPSA) is 41.8 Å². The van der Waals surface area contributed by atoms with Gasteiger partial charge in [-0.1, -0.05) is 24.3 Å². The average molecular weight is 370 g/mol. The Morgan fingerprint density at radius 2 is 1.41 bits per heavy atom. The van der Waals surface area contributed by atoms with E-state index in [9.17, 15) is 17.6 Å². The van der Waals surface area contributed by atoms with Crippen molar-refractivity contribution in [2.75, 3.05) is 5.73 Å². The quantitative estimate of drug-likeness (QED) is 0.401. The van der Waals surface area contributed by atoms with Crippen molar-refractivity contribution in [3.05, 3.63) is 82.0 Å². The highest BCUT2D eigenvalue weighted by Crippen LogP contribution is 2.35. The number of nitrogen functional groups attached to an aromatic ring is 1. The van der Waals surface area contributed by atoms with Crippen LogP contribution in [-0.2, 0) is 0 Å². The monoisotopic (exact) mass is 370 g/mol. The maximum Gasteiger partial charge on any atom is 0.170 e. The normalized spacial score (nSPS) is 13.3. The summed E-state index contributed by atoms with van der Waals surface area (Å²) < 4.78 is 59.0. The van der Waals surface area contributed by atoms with Crippen LogP contribution in [0.2, 0.25) is 0 Å². The highest BCUT2D eigenvalue weighted by atomic mass is 19.2. The first-order chi connectivity index (χ1) is 13.0. The molecule has 0 saturated carbocycles. The molecular weight excluding hydrogens is 356 g/mol. The standard InChI is InChI=1S/C21H14F4N2/c22-18-16(11-4-6-14(26)7-5-11)19(23)21(25)17(20(18)24)13-2-1-3-15-12(10-13)8-9-27-15/h2-10,27H,1,26H2. The molecule has 1 heterocycles. The van der Waals surface area contributed by atoms with E-state index in [1.54, 1.807) is 12.3 Å². The number of rotatable bonds is 2. The molecule has 0 fully saturated rings. The Morgan fingerprint density at radius 3 is 2.07 bits per heavy atom. The first-order valence-corrected chi connectivity index (χ1v) is 8.25. The van der Waals surface area contributed by atoms with E-state index in [0.29, 0.717) is 17.3 Å². The van der Waals surface area contributed by atoms with E-state index in [-0.39, 0.29) is 11.1 Å². The maximum absolute atomic E-state index is 14.8. The summed E-state index contributed by atoms with van der Waals surface area (Å²) in [6.07, 6.45) is 6.89. The Morgan fingerprint density at radius 1 is 0.778 bits per heavy atom. The first kappa shape index (κ1) is 17.1. The van der Waals surface area contributed by atoms with Crippen LogP contribution in [0, 0.1) is 23.3 Å². The fourth-order valence-electron chi connectivity index (χ4n) is 3.19. The molecule has 3 N–H and O–H groups in total. The van der Waals surface area contributed by atoms with Crippen LogP contribution < -0.4 is 16.3 Å². The zero-order valence-corrected chi connectivity index (χ0v) is 14.0. The SMILES string of the molecule is Nc1ccc(-c2c(F)c(F)c(C3=CCC=c4[nH]ccc4=C3)c(F)c2F)cc1. The molecule has 136 valence electrons. The number of hydrogen-bond donors (Lipinski definition) is 2. The third-order valence-electron chi connectivity index (χ3n) is 4.53. The molecule has 1 aliphatic carbocycles. The van der Waals surface area contributed by atoms with E-state index >= 15 is 0 Å². The van der Waals surface area contributed by atoms with Crippen LogP contribution in [-0.4, -0.2) is 4.98 Å². The molecule has 2 aromatic carbocycles. The second-order valence-corrected chi connectivity index (χ2v) is 6.22. The van der Waals surface area contributed by atoms with Crippen LogP contribution in [0.25, 0.3) is 28.9 Å². The first-order valence-electron chi connectivity index (χ1n) is 8.25. The largest absolute Gasteiger partial charge is 0.399 e. The molecule has 0 amide bonds. The number of nitrogens with two attached hydrogens (primary N) is 1. The predicted molar refractivity (Wildman–Crippen MR) is 97.7 cm³/mol. The molecule has 0 unspecified atom stereocenters. The number of hydrogen-bond acceptors (Lipinski definition) is 1. The lowest BCUT2D eigenvalue weighted by Gasteiger charge is -2.13. The molecule has 0 saturated heterocycles. The Balaban J connectivity index is 1.94. The Bertz CT molecular complexity index is 1160. The van der Waals surface area contributed by atoms with Gasteiger partial charge in [0, 0.05) is 17.2 Å². The van der Waals surface area contributed by atoms with Gasteiger partial charge in [-0.15, -0.1) is 0 Å². The molecule has 0 aliphatic heterocycles. The summed E-state index contributed by atoms with van der Waals surface area (Å²) in [7, 11) is 0. The summed E-state index contributed by atoms with van der Waals surface area (Å²) in [5.41, 5.74) is 4.54. The van der Waals surface area contributed by atoms with E-state index < -0.39 is 34.4 Å². The minimum absolute atomic E-state index is 0.00336. The predicted octanol–water partition coefficient (Wildman–Crippen LogP) is 3.87. The third-order valence-corrected chi connectivity index (χ3v) is 4.53. The van der Waals surface area contributed by atoms with Crippen molar-refractivity contribution in [1.29, 1.82) is 0 Å². The Labute approximate surface area is 152 Å². The highest BCUT2D eigenvalue weighted by Gasteiger charge is 2.27. The molecule has 4 rings (SSSR count). The van der Waals surface area contributed by atoms with Gasteiger partial charge < -0.3 is 10.7 Å². The number of aromatic amines is 1. The van der Waals surface area contributed by atoms with E-state index in [1.807, 2.05) is 6.08 Å². The summed E-state index contributed by atoms with van der Waals surface area (Å²) in [6, 6.07) is 7.16. The second kappa shape index (κ2) is 6.46. The summed E-state index contributed by atoms with van der Waals surface area (Å²) in [4.78, 5) is 2.99. The van der Waals surface area contributed by atoms with Gasteiger partial charge in [0.05, 0.1) is 11.1 Å². The Kier molecular flexibility index (Phi) is 4.11. The van der Waals surface area contributed by atoms with Gasteiger partial charge in [0.1, 0.15) is 0 Å². The smallest absolute Gasteiger partial charge is 0.170 e. The number of aromatic nitrogens is 1. The van der Waals surface area contributed by atoms with Crippen LogP contribution in [0.15, 0.2) is 42.6 Å². The van der Waals surface area contributed by atoms with Crippen molar-refractivity contribution >= 4 is 23.4 Å². The second-order valence-electron chi connectivity index (χ2n) is 6.22. The van der Waals surface area contributed by atoms with Crippen molar-refractivity contribution in [1.82, 2.24) is 4.98 Å². The molecule has 6 heteroatoms. The lowest BCUT2D eigenvalue weighted by molar-refractivity contribution is 0.455. The van der Waals surface area contributed by atoms with Gasteiger partial charge in [0.25, 0.3) is 0 Å². The van der Waals surface area contributed by atoms with E-state index in [4.69, 9.17) is 5.73 Å². The summed E-state index contributed by atoms with van der Waals surface area (Å²) in [5, 5.41) is 1.46. The zero-order chi connectivity index (χ0) is 19.1. The lowest BCUT2D eigenvalue weighted by Crippen LogP contribution is -2.21. The number of anilines is 1. The fourth-order valence-corrected chi connectivity index (χ4v) is 3.19. The zero-order valence-electron chi connectivity index (χ0n) is 14.0. The summed E-state index contributed by atoms with van der Waals surface area (Å²) in [6.45, 7) is 0. The molecule has 2 nitrogen and oxygen atoms in total. The van der Waals surface area contributed by atoms with E-state index in [0.717, 1.165) is 5.35 Å². The van der Waals surface area contributed by atoms with Crippen LogP contribution >= 0.6 is 0 Å². The number of fused-ring (bicyclic) bond motifs is 1. The number of halogens is 4. The van der Waals surface area contributed by atoms with Gasteiger partial charge in [0.15, 0.2) is 23.3 Å². The van der Waals surface area contributed by atoms with Crippen molar-refractivity contribution in [3.8, 4) is 11.1 Å². The minimum atomic E-state index is -1.44. The van der Waals surface area contributed by atoms with Crippen molar-refractivity contribution in [3.63, 3.8) is 0 Å². The molecule has 1 aromatic heterocycles. The molecule has 0 spiro atoms. The lowest BCUT2D eigenvalue weighted by atomic mass is 9.96. The van der Waals surface area contributed by atoms with E-state index in [1.165, 1.54) is 36.4 Å². The van der Waals surface area contributed by atoms with Crippen LogP contribution in [0.5, 0.6) is 0 Å². The van der Waals surface area contributed by atoms with Crippen molar-refractivity contribution < 1.29 is 17.6 Å². The van der Waals surface area contributed by atoms with Crippen LogP contribution in [0.1, 0.15) is 12.0 Å². The van der Waals surface area contributed by atoms with Crippen LogP contribution in [0.3, 0.4) is 0 Å². The molecule has 0 radical (unpaired) electrons. The molecule has 27 heavy (non-hydrogen) atoms. The number of benzene rings is 2. The number of H-pyrrole nitrogens is 1. The highest BCUT2D eigenvalue weighted by molar-refractivity contribution is 5.90. The molecule has 3 aromatic rings. The van der Waals surface area contributed by atoms with Crippen LogP contribution in [0.4, 0.5) is 23.2 Å². The van der Waals surface area contributed by atoms with E-state index in [2.05, 4.69) is 4.98 Å². The van der Waals surface area contributed by atoms with Gasteiger partial charge in [-0.3, -0.25) is 0 Å². The fraction of sp³-hybridized carbons (Fsp3) is 0.0476. The third kappa shape index (κ3) is 2.83. The summed E-state index contributed by atoms with van der Waals surface area (Å²) in [5.74, 6) is -5.74. The molecule has 0 bridgehead atoms. The average Bonchev–Trinajstić information content (AvgIpc) is 3.00. The van der Waals surface area contributed by atoms with Gasteiger partial charge in [0.2, 0.25) is 0 Å². The Hall–Kier alpha value is -3.28. The van der Waals surface area contributed by atoms with Crippen molar-refractivity contribution in [2.24, 2.45) is 0 Å². The minimum Gasteiger partial charge on any atom is -0.399 e. The maximum atomic E-state index is 14.8. The summed E-state index contributed by atoms with van der Waals surface area (Å²) >= 11 is 0. The number of nitrogens with one attached hydrogen (secondary N) is 1. The molecular formula is C21H14F4N2. The molecule has 0 atom stereocenters. The van der Waals surface area contributed by atoms with Gasteiger partial charge in [-0.05, 0) is 47.1 Å². The van der Waals surface area contributed by atoms with Gasteiger partial charge >= 0.3 is 0 Å². The van der Waals surface area contributed by atoms with Gasteiger partial charge in [-0.2, -0.15) is 0 Å². The van der Waals surface area contributed by atoms with Crippen molar-refractivity contribution in [2.45, 2.75) is 6.42 Å². The molecule has 1 aliphatic rings.